The van der Waals surface area contributed by atoms with E-state index in [0.717, 1.165) is 24.3 Å². The highest BCUT2D eigenvalue weighted by atomic mass is 19.4. The SMILES string of the molecule is Cc1n[nH]c(=O)c2c(NC(=O)COC(=O)/C=C/c3cccc(C(F)(F)F)c3)oc(C)c12. The van der Waals surface area contributed by atoms with Gasteiger partial charge in [-0.15, -0.1) is 0 Å². The summed E-state index contributed by atoms with van der Waals surface area (Å²) >= 11 is 0. The van der Waals surface area contributed by atoms with E-state index in [9.17, 15) is 27.6 Å². The molecule has 0 atom stereocenters. The third-order valence-electron chi connectivity index (χ3n) is 4.22. The summed E-state index contributed by atoms with van der Waals surface area (Å²) < 4.78 is 48.3. The van der Waals surface area contributed by atoms with Crippen LogP contribution in [0, 0.1) is 13.8 Å². The number of nitrogens with zero attached hydrogens (tertiary/aromatic N) is 1. The summed E-state index contributed by atoms with van der Waals surface area (Å²) in [7, 11) is 0. The molecule has 0 spiro atoms. The van der Waals surface area contributed by atoms with Gasteiger partial charge in [-0.1, -0.05) is 12.1 Å². The van der Waals surface area contributed by atoms with E-state index in [1.165, 1.54) is 12.1 Å². The first kappa shape index (κ1) is 21.8. The van der Waals surface area contributed by atoms with Crippen LogP contribution in [0.5, 0.6) is 0 Å². The molecule has 0 aliphatic carbocycles. The molecule has 2 aromatic heterocycles. The second-order valence-electron chi connectivity index (χ2n) is 6.49. The summed E-state index contributed by atoms with van der Waals surface area (Å²) in [4.78, 5) is 35.9. The Hall–Kier alpha value is -3.89. The van der Waals surface area contributed by atoms with Crippen LogP contribution in [0.25, 0.3) is 16.8 Å². The van der Waals surface area contributed by atoms with E-state index in [2.05, 4.69) is 15.5 Å². The Balaban J connectivity index is 1.62. The number of benzene rings is 1. The number of hydrogen-bond acceptors (Lipinski definition) is 6. The molecule has 2 heterocycles. The topological polar surface area (TPSA) is 114 Å². The number of rotatable bonds is 5. The maximum absolute atomic E-state index is 12.7. The van der Waals surface area contributed by atoms with Crippen molar-refractivity contribution in [2.45, 2.75) is 20.0 Å². The average Bonchev–Trinajstić information content (AvgIpc) is 3.04. The molecule has 0 saturated carbocycles. The monoisotopic (exact) mass is 435 g/mol. The zero-order valence-electron chi connectivity index (χ0n) is 16.3. The molecule has 0 aliphatic heterocycles. The molecule has 0 radical (unpaired) electrons. The fraction of sp³-hybridized carbons (Fsp3) is 0.200. The minimum atomic E-state index is -4.51. The number of amides is 1. The third-order valence-corrected chi connectivity index (χ3v) is 4.22. The van der Waals surface area contributed by atoms with E-state index < -0.39 is 35.8 Å². The molecule has 0 bridgehead atoms. The van der Waals surface area contributed by atoms with Crippen LogP contribution in [0.15, 0.2) is 39.6 Å². The number of fused-ring (bicyclic) bond motifs is 1. The molecule has 0 aliphatic rings. The lowest BCUT2D eigenvalue weighted by molar-refractivity contribution is -0.142. The van der Waals surface area contributed by atoms with Gasteiger partial charge in [0.15, 0.2) is 6.61 Å². The maximum Gasteiger partial charge on any atom is 0.416 e. The summed E-state index contributed by atoms with van der Waals surface area (Å²) in [5.41, 5.74) is -0.781. The summed E-state index contributed by atoms with van der Waals surface area (Å²) in [6, 6.07) is 4.36. The van der Waals surface area contributed by atoms with E-state index in [0.29, 0.717) is 16.8 Å². The summed E-state index contributed by atoms with van der Waals surface area (Å²) in [5, 5.41) is 9.03. The first-order valence-electron chi connectivity index (χ1n) is 8.86. The van der Waals surface area contributed by atoms with E-state index in [1.807, 2.05) is 0 Å². The molecule has 8 nitrogen and oxygen atoms in total. The molecule has 0 unspecified atom stereocenters. The summed E-state index contributed by atoms with van der Waals surface area (Å²) in [6.07, 6.45) is -2.48. The second kappa shape index (κ2) is 8.46. The number of hydrogen-bond donors (Lipinski definition) is 2. The fourth-order valence-electron chi connectivity index (χ4n) is 2.86. The van der Waals surface area contributed by atoms with Gasteiger partial charge in [0.1, 0.15) is 11.1 Å². The number of carbonyl (C=O) groups excluding carboxylic acids is 2. The molecular weight excluding hydrogens is 419 g/mol. The molecule has 11 heteroatoms. The number of ether oxygens (including phenoxy) is 1. The van der Waals surface area contributed by atoms with Crippen LogP contribution in [-0.2, 0) is 20.5 Å². The van der Waals surface area contributed by atoms with Crippen LogP contribution in [0.3, 0.4) is 0 Å². The predicted molar refractivity (Wildman–Crippen MR) is 104 cm³/mol. The molecule has 0 saturated heterocycles. The first-order chi connectivity index (χ1) is 14.6. The minimum Gasteiger partial charge on any atom is -0.452 e. The quantitative estimate of drug-likeness (QED) is 0.469. The average molecular weight is 435 g/mol. The van der Waals surface area contributed by atoms with E-state index in [-0.39, 0.29) is 16.8 Å². The zero-order valence-corrected chi connectivity index (χ0v) is 16.3. The number of anilines is 1. The van der Waals surface area contributed by atoms with Gasteiger partial charge < -0.3 is 9.15 Å². The first-order valence-corrected chi connectivity index (χ1v) is 8.86. The number of nitrogens with one attached hydrogen (secondary N) is 2. The van der Waals surface area contributed by atoms with E-state index in [4.69, 9.17) is 9.15 Å². The second-order valence-corrected chi connectivity index (χ2v) is 6.49. The Morgan fingerprint density at radius 1 is 1.26 bits per heavy atom. The Morgan fingerprint density at radius 3 is 2.71 bits per heavy atom. The van der Waals surface area contributed by atoms with Gasteiger partial charge in [0.25, 0.3) is 11.5 Å². The number of H-pyrrole nitrogens is 1. The molecule has 31 heavy (non-hydrogen) atoms. The number of furan rings is 1. The number of aromatic amines is 1. The number of halogens is 3. The number of esters is 1. The van der Waals surface area contributed by atoms with Crippen molar-refractivity contribution in [2.75, 3.05) is 11.9 Å². The van der Waals surface area contributed by atoms with E-state index >= 15 is 0 Å². The molecule has 162 valence electrons. The van der Waals surface area contributed by atoms with Gasteiger partial charge in [-0.2, -0.15) is 18.3 Å². The van der Waals surface area contributed by atoms with Gasteiger partial charge in [0.05, 0.1) is 16.6 Å². The standard InChI is InChI=1S/C20H16F3N3O5/c1-10-16-11(2)31-19(17(16)18(29)26-25-10)24-14(27)9-30-15(28)7-6-12-4-3-5-13(8-12)20(21,22)23/h3-8H,9H2,1-2H3,(H,24,27)(H,26,29)/b7-6+. The van der Waals surface area contributed by atoms with Crippen molar-refractivity contribution in [3.63, 3.8) is 0 Å². The Morgan fingerprint density at radius 2 is 2.00 bits per heavy atom. The number of aromatic nitrogens is 2. The lowest BCUT2D eigenvalue weighted by Gasteiger charge is -2.06. The van der Waals surface area contributed by atoms with Crippen LogP contribution in [-0.4, -0.2) is 28.7 Å². The lowest BCUT2D eigenvalue weighted by Crippen LogP contribution is -2.21. The van der Waals surface area contributed by atoms with Gasteiger partial charge in [0, 0.05) is 6.08 Å². The van der Waals surface area contributed by atoms with Gasteiger partial charge >= 0.3 is 12.1 Å². The molecule has 3 rings (SSSR count). The summed E-state index contributed by atoms with van der Waals surface area (Å²) in [6.45, 7) is 2.56. The normalized spacial score (nSPS) is 11.8. The zero-order chi connectivity index (χ0) is 22.8. The molecule has 0 fully saturated rings. The Labute approximate surface area is 172 Å². The number of aryl methyl sites for hydroxylation is 2. The number of carbonyl (C=O) groups is 2. The van der Waals surface area contributed by atoms with E-state index in [1.54, 1.807) is 13.8 Å². The van der Waals surface area contributed by atoms with Gasteiger partial charge in [-0.25, -0.2) is 9.89 Å². The van der Waals surface area contributed by atoms with Crippen LogP contribution in [0.2, 0.25) is 0 Å². The minimum absolute atomic E-state index is 0.106. The van der Waals surface area contributed by atoms with Crippen molar-refractivity contribution >= 4 is 34.6 Å². The number of alkyl halides is 3. The Kier molecular flexibility index (Phi) is 5.95. The van der Waals surface area contributed by atoms with Crippen molar-refractivity contribution < 1.29 is 31.9 Å². The van der Waals surface area contributed by atoms with Crippen molar-refractivity contribution in [2.24, 2.45) is 0 Å². The molecule has 1 aromatic carbocycles. The lowest BCUT2D eigenvalue weighted by atomic mass is 10.1. The van der Waals surface area contributed by atoms with Crippen molar-refractivity contribution in [1.82, 2.24) is 10.2 Å². The molecule has 1 amide bonds. The van der Waals surface area contributed by atoms with Crippen LogP contribution < -0.4 is 10.9 Å². The third kappa shape index (κ3) is 5.00. The van der Waals surface area contributed by atoms with Gasteiger partial charge in [0.2, 0.25) is 5.88 Å². The van der Waals surface area contributed by atoms with Crippen LogP contribution >= 0.6 is 0 Å². The largest absolute Gasteiger partial charge is 0.452 e. The smallest absolute Gasteiger partial charge is 0.416 e. The molecule has 2 N–H and O–H groups in total. The molecule has 3 aromatic rings. The van der Waals surface area contributed by atoms with Crippen molar-refractivity contribution in [1.29, 1.82) is 0 Å². The van der Waals surface area contributed by atoms with Crippen molar-refractivity contribution in [3.8, 4) is 0 Å². The predicted octanol–water partition coefficient (Wildman–Crippen LogP) is 3.35. The van der Waals surface area contributed by atoms with Gasteiger partial charge in [-0.3, -0.25) is 14.9 Å². The van der Waals surface area contributed by atoms with Crippen molar-refractivity contribution in [3.05, 3.63) is 63.3 Å². The molecular formula is C20H16F3N3O5. The highest BCUT2D eigenvalue weighted by molar-refractivity contribution is 6.02. The highest BCUT2D eigenvalue weighted by Gasteiger charge is 2.30. The fourth-order valence-corrected chi connectivity index (χ4v) is 2.86. The van der Waals surface area contributed by atoms with Crippen LogP contribution in [0.1, 0.15) is 22.6 Å². The summed E-state index contributed by atoms with van der Waals surface area (Å²) in [5.74, 6) is -1.45. The highest BCUT2D eigenvalue weighted by Crippen LogP contribution is 2.30. The van der Waals surface area contributed by atoms with Gasteiger partial charge in [-0.05, 0) is 37.6 Å². The maximum atomic E-state index is 12.7. The van der Waals surface area contributed by atoms with Crippen LogP contribution in [0.4, 0.5) is 19.1 Å². The Bertz CT molecular complexity index is 1240.